The molecule has 0 bridgehead atoms. The van der Waals surface area contributed by atoms with Crippen LogP contribution in [0.5, 0.6) is 0 Å². The summed E-state index contributed by atoms with van der Waals surface area (Å²) in [6.07, 6.45) is 1.67. The minimum Gasteiger partial charge on any atom is -0.385 e. The summed E-state index contributed by atoms with van der Waals surface area (Å²) >= 11 is 0. The van der Waals surface area contributed by atoms with Gasteiger partial charge in [0.1, 0.15) is 0 Å². The lowest BCUT2D eigenvalue weighted by Crippen LogP contribution is -2.58. The van der Waals surface area contributed by atoms with E-state index in [0.29, 0.717) is 58.2 Å². The smallest absolute Gasteiger partial charge is 0.385 e. The van der Waals surface area contributed by atoms with E-state index in [1.807, 2.05) is 19.1 Å². The predicted molar refractivity (Wildman–Crippen MR) is 146 cm³/mol. The molecular formula is C33H43F3O3. The van der Waals surface area contributed by atoms with Crippen molar-refractivity contribution >= 4 is 6.08 Å². The highest BCUT2D eigenvalue weighted by Gasteiger charge is 2.70. The van der Waals surface area contributed by atoms with Gasteiger partial charge in [0.15, 0.2) is 5.79 Å². The van der Waals surface area contributed by atoms with Crippen LogP contribution >= 0.6 is 0 Å². The van der Waals surface area contributed by atoms with Gasteiger partial charge in [-0.25, -0.2) is 0 Å². The number of rotatable bonds is 2. The van der Waals surface area contributed by atoms with Crippen LogP contribution in [0, 0.1) is 28.1 Å². The summed E-state index contributed by atoms with van der Waals surface area (Å²) in [6.45, 7) is 12.7. The quantitative estimate of drug-likeness (QED) is 0.382. The van der Waals surface area contributed by atoms with Gasteiger partial charge >= 0.3 is 6.18 Å². The molecule has 4 unspecified atom stereocenters. The zero-order chi connectivity index (χ0) is 28.1. The standard InChI is InChI=1S/C33H43F3O3/c1-6-21-8-7-9-22(16-21)24-17-29(4)25(11-13-30(29,5)33(34,35)36)23-10-14-31(37)18-32(15-12-26(31)27(23)24)38-19-28(2,3)20-39-32/h6-9,16,23-25,37H,1,10-15,17-20H2,2-5H3/t23?,24?,25?,29?,30-,31-/m1/s1. The van der Waals surface area contributed by atoms with Crippen LogP contribution in [0.2, 0.25) is 0 Å². The second kappa shape index (κ2) is 8.69. The SMILES string of the molecule is C=Cc1cccc(C2CC3(C)C(CC[C@@]3(C)C(F)(F)F)C3CC[C@@]4(O)CC5(CCC4=C23)OCC(C)(C)CO5)c1. The molecule has 4 fully saturated rings. The molecule has 39 heavy (non-hydrogen) atoms. The number of ether oxygens (including phenoxy) is 2. The third-order valence-electron chi connectivity index (χ3n) is 11.6. The van der Waals surface area contributed by atoms with E-state index in [1.54, 1.807) is 6.08 Å². The zero-order valence-corrected chi connectivity index (χ0v) is 23.8. The molecule has 214 valence electrons. The third-order valence-corrected chi connectivity index (χ3v) is 11.6. The summed E-state index contributed by atoms with van der Waals surface area (Å²) in [4.78, 5) is 0. The Morgan fingerprint density at radius 2 is 1.74 bits per heavy atom. The first kappa shape index (κ1) is 27.5. The van der Waals surface area contributed by atoms with Crippen molar-refractivity contribution in [2.45, 2.75) is 103 Å². The van der Waals surface area contributed by atoms with E-state index in [9.17, 15) is 18.3 Å². The van der Waals surface area contributed by atoms with Crippen molar-refractivity contribution in [3.05, 3.63) is 53.1 Å². The van der Waals surface area contributed by atoms with Gasteiger partial charge < -0.3 is 14.6 Å². The largest absolute Gasteiger partial charge is 0.394 e. The Bertz CT molecular complexity index is 1190. The van der Waals surface area contributed by atoms with Gasteiger partial charge in [0, 0.05) is 24.2 Å². The number of aliphatic hydroxyl groups is 1. The maximum absolute atomic E-state index is 14.7. The van der Waals surface area contributed by atoms with E-state index < -0.39 is 28.4 Å². The number of hydrogen-bond donors (Lipinski definition) is 1. The maximum atomic E-state index is 14.7. The average molecular weight is 545 g/mol. The highest BCUT2D eigenvalue weighted by molar-refractivity contribution is 5.51. The molecule has 3 saturated carbocycles. The van der Waals surface area contributed by atoms with Gasteiger partial charge in [-0.3, -0.25) is 0 Å². The molecule has 0 amide bonds. The summed E-state index contributed by atoms with van der Waals surface area (Å²) in [5.74, 6) is -0.959. The predicted octanol–water partition coefficient (Wildman–Crippen LogP) is 8.19. The molecule has 1 saturated heterocycles. The Kier molecular flexibility index (Phi) is 6.13. The highest BCUT2D eigenvalue weighted by atomic mass is 19.4. The van der Waals surface area contributed by atoms with Gasteiger partial charge in [0.05, 0.1) is 24.2 Å². The topological polar surface area (TPSA) is 38.7 Å². The third kappa shape index (κ3) is 4.02. The molecular weight excluding hydrogens is 501 g/mol. The minimum absolute atomic E-state index is 0.0433. The van der Waals surface area contributed by atoms with Gasteiger partial charge in [-0.15, -0.1) is 0 Å². The van der Waals surface area contributed by atoms with Crippen molar-refractivity contribution in [3.8, 4) is 0 Å². The Morgan fingerprint density at radius 3 is 2.41 bits per heavy atom. The summed E-state index contributed by atoms with van der Waals surface area (Å²) in [5.41, 5.74) is 0.548. The fourth-order valence-corrected chi connectivity index (χ4v) is 9.16. The molecule has 5 aliphatic rings. The van der Waals surface area contributed by atoms with Crippen LogP contribution in [0.1, 0.15) is 96.1 Å². The van der Waals surface area contributed by atoms with Crippen LogP contribution in [-0.2, 0) is 9.47 Å². The second-order valence-electron chi connectivity index (χ2n) is 14.5. The highest BCUT2D eigenvalue weighted by Crippen LogP contribution is 2.73. The van der Waals surface area contributed by atoms with Gasteiger partial charge in [-0.05, 0) is 72.5 Å². The summed E-state index contributed by atoms with van der Waals surface area (Å²) in [6, 6.07) is 8.10. The van der Waals surface area contributed by atoms with Crippen LogP contribution in [0.25, 0.3) is 6.08 Å². The number of halogens is 3. The monoisotopic (exact) mass is 544 g/mol. The van der Waals surface area contributed by atoms with Crippen molar-refractivity contribution in [1.82, 2.24) is 0 Å². The van der Waals surface area contributed by atoms with Gasteiger partial charge in [0.2, 0.25) is 0 Å². The summed E-state index contributed by atoms with van der Waals surface area (Å²) < 4.78 is 56.8. The molecule has 1 aromatic carbocycles. The van der Waals surface area contributed by atoms with Crippen LogP contribution in [-0.4, -0.2) is 35.9 Å². The number of allylic oxidation sites excluding steroid dienone is 1. The lowest BCUT2D eigenvalue weighted by molar-refractivity contribution is -0.322. The molecule has 0 aromatic heterocycles. The molecule has 6 atom stereocenters. The first-order valence-corrected chi connectivity index (χ1v) is 14.7. The maximum Gasteiger partial charge on any atom is 0.394 e. The molecule has 0 radical (unpaired) electrons. The van der Waals surface area contributed by atoms with E-state index in [-0.39, 0.29) is 29.6 Å². The lowest BCUT2D eigenvalue weighted by atomic mass is 9.48. The minimum atomic E-state index is -4.26. The van der Waals surface area contributed by atoms with Crippen molar-refractivity contribution in [2.24, 2.45) is 28.1 Å². The van der Waals surface area contributed by atoms with Crippen LogP contribution < -0.4 is 0 Å². The van der Waals surface area contributed by atoms with Crippen LogP contribution in [0.15, 0.2) is 42.0 Å². The molecule has 6 heteroatoms. The Hall–Kier alpha value is -1.63. The number of alkyl halides is 3. The van der Waals surface area contributed by atoms with Crippen molar-refractivity contribution < 1.29 is 27.8 Å². The zero-order valence-electron chi connectivity index (χ0n) is 23.8. The molecule has 1 aliphatic heterocycles. The van der Waals surface area contributed by atoms with E-state index in [1.165, 1.54) is 12.5 Å². The fraction of sp³-hybridized carbons (Fsp3) is 0.697. The van der Waals surface area contributed by atoms with Gasteiger partial charge in [-0.1, -0.05) is 70.2 Å². The molecule has 1 N–H and O–H groups in total. The molecule has 4 aliphatic carbocycles. The Morgan fingerprint density at radius 1 is 1.03 bits per heavy atom. The average Bonchev–Trinajstić information content (AvgIpc) is 3.16. The number of benzene rings is 1. The molecule has 1 spiro atoms. The molecule has 1 aromatic rings. The van der Waals surface area contributed by atoms with Crippen LogP contribution in [0.4, 0.5) is 13.2 Å². The molecule has 1 heterocycles. The lowest BCUT2D eigenvalue weighted by Gasteiger charge is -2.59. The van der Waals surface area contributed by atoms with Crippen molar-refractivity contribution in [3.63, 3.8) is 0 Å². The van der Waals surface area contributed by atoms with E-state index in [2.05, 4.69) is 32.6 Å². The normalized spacial score (nSPS) is 41.1. The Labute approximate surface area is 230 Å². The molecule has 6 rings (SSSR count). The van der Waals surface area contributed by atoms with E-state index in [0.717, 1.165) is 16.7 Å². The summed E-state index contributed by atoms with van der Waals surface area (Å²) in [7, 11) is 0. The van der Waals surface area contributed by atoms with Gasteiger partial charge in [-0.2, -0.15) is 13.2 Å². The van der Waals surface area contributed by atoms with Gasteiger partial charge in [0.25, 0.3) is 0 Å². The second-order valence-corrected chi connectivity index (χ2v) is 14.5. The van der Waals surface area contributed by atoms with Crippen molar-refractivity contribution in [2.75, 3.05) is 13.2 Å². The van der Waals surface area contributed by atoms with Crippen LogP contribution in [0.3, 0.4) is 0 Å². The van der Waals surface area contributed by atoms with E-state index >= 15 is 0 Å². The summed E-state index contributed by atoms with van der Waals surface area (Å²) in [5, 5.41) is 12.3. The van der Waals surface area contributed by atoms with Crippen molar-refractivity contribution in [1.29, 1.82) is 0 Å². The van der Waals surface area contributed by atoms with E-state index in [4.69, 9.17) is 9.47 Å². The Balaban J connectivity index is 1.46. The number of fused-ring (bicyclic) bond motifs is 4. The fourth-order valence-electron chi connectivity index (χ4n) is 9.16. The number of hydrogen-bond acceptors (Lipinski definition) is 3. The first-order chi connectivity index (χ1) is 18.2. The first-order valence-electron chi connectivity index (χ1n) is 14.7. The molecule has 3 nitrogen and oxygen atoms in total.